The first-order valence-corrected chi connectivity index (χ1v) is 11.5. The molecule has 0 unspecified atom stereocenters. The fourth-order valence-electron chi connectivity index (χ4n) is 3.43. The van der Waals surface area contributed by atoms with Crippen LogP contribution in [-0.2, 0) is 14.8 Å². The summed E-state index contributed by atoms with van der Waals surface area (Å²) in [4.78, 5) is 11.3. The van der Waals surface area contributed by atoms with Gasteiger partial charge in [-0.3, -0.25) is 4.72 Å². The molecule has 1 atom stereocenters. The maximum Gasteiger partial charge on any atom is 0.335 e. The molecule has 162 valence electrons. The zero-order chi connectivity index (χ0) is 22.2. The predicted octanol–water partition coefficient (Wildman–Crippen LogP) is 3.76. The van der Waals surface area contributed by atoms with Crippen LogP contribution in [0.2, 0.25) is 5.02 Å². The molecule has 4 rings (SSSR count). The van der Waals surface area contributed by atoms with Gasteiger partial charge >= 0.3 is 5.97 Å². The van der Waals surface area contributed by atoms with Crippen LogP contribution in [-0.4, -0.2) is 38.8 Å². The van der Waals surface area contributed by atoms with Crippen molar-refractivity contribution in [2.45, 2.75) is 36.2 Å². The summed E-state index contributed by atoms with van der Waals surface area (Å²) in [6.45, 7) is 0.888. The van der Waals surface area contributed by atoms with Gasteiger partial charge in [-0.25, -0.2) is 13.2 Å². The van der Waals surface area contributed by atoms with E-state index in [-0.39, 0.29) is 44.5 Å². The van der Waals surface area contributed by atoms with Crippen LogP contribution in [0.5, 0.6) is 5.75 Å². The van der Waals surface area contributed by atoms with Gasteiger partial charge in [-0.1, -0.05) is 17.7 Å². The average Bonchev–Trinajstić information content (AvgIpc) is 3.46. The molecule has 1 saturated heterocycles. The van der Waals surface area contributed by atoms with Crippen LogP contribution in [0.3, 0.4) is 0 Å². The van der Waals surface area contributed by atoms with E-state index in [0.717, 1.165) is 18.9 Å². The number of ether oxygens (including phenoxy) is 2. The second-order valence-electron chi connectivity index (χ2n) is 7.48. The van der Waals surface area contributed by atoms with Crippen LogP contribution < -0.4 is 9.46 Å². The number of carboxylic acids is 1. The summed E-state index contributed by atoms with van der Waals surface area (Å²) >= 11 is 6.13. The molecule has 31 heavy (non-hydrogen) atoms. The highest BCUT2D eigenvalue weighted by Crippen LogP contribution is 2.44. The first-order chi connectivity index (χ1) is 14.8. The zero-order valence-corrected chi connectivity index (χ0v) is 17.9. The molecule has 1 heterocycles. The summed E-state index contributed by atoms with van der Waals surface area (Å²) in [5.41, 5.74) is 0.572. The second-order valence-corrected chi connectivity index (χ2v) is 9.54. The fraction of sp³-hybridized carbons (Fsp3) is 0.333. The van der Waals surface area contributed by atoms with E-state index in [9.17, 15) is 23.6 Å². The number of nitriles is 1. The van der Waals surface area contributed by atoms with E-state index in [1.807, 2.05) is 6.07 Å². The van der Waals surface area contributed by atoms with Crippen molar-refractivity contribution in [3.63, 3.8) is 0 Å². The monoisotopic (exact) mass is 462 g/mol. The Morgan fingerprint density at radius 1 is 1.26 bits per heavy atom. The molecule has 0 spiro atoms. The van der Waals surface area contributed by atoms with E-state index in [1.165, 1.54) is 18.2 Å². The smallest absolute Gasteiger partial charge is 0.335 e. The quantitative estimate of drug-likeness (QED) is 0.641. The molecule has 1 saturated carbocycles. The third-order valence-electron chi connectivity index (χ3n) is 5.18. The number of hydrogen-bond acceptors (Lipinski definition) is 6. The van der Waals surface area contributed by atoms with Gasteiger partial charge in [0.25, 0.3) is 10.0 Å². The Bertz CT molecular complexity index is 1180. The summed E-state index contributed by atoms with van der Waals surface area (Å²) in [7, 11) is -4.18. The Hall–Kier alpha value is -2.80. The number of nitrogens with one attached hydrogen (secondary N) is 1. The highest BCUT2D eigenvalue weighted by Gasteiger charge is 2.32. The lowest BCUT2D eigenvalue weighted by Gasteiger charge is -2.19. The van der Waals surface area contributed by atoms with Gasteiger partial charge in [0, 0.05) is 12.5 Å². The number of aromatic carboxylic acids is 1. The van der Waals surface area contributed by atoms with Crippen molar-refractivity contribution in [1.82, 2.24) is 0 Å². The molecule has 0 radical (unpaired) electrons. The van der Waals surface area contributed by atoms with Crippen molar-refractivity contribution in [2.75, 3.05) is 17.9 Å². The lowest BCUT2D eigenvalue weighted by atomic mass is 10.1. The Kier molecular flexibility index (Phi) is 5.79. The largest absolute Gasteiger partial charge is 0.486 e. The number of hydrogen-bond donors (Lipinski definition) is 2. The van der Waals surface area contributed by atoms with Gasteiger partial charge in [0.15, 0.2) is 0 Å². The van der Waals surface area contributed by atoms with E-state index in [1.54, 1.807) is 6.07 Å². The Morgan fingerprint density at radius 2 is 2.03 bits per heavy atom. The number of sulfonamides is 1. The van der Waals surface area contributed by atoms with Gasteiger partial charge < -0.3 is 14.6 Å². The lowest BCUT2D eigenvalue weighted by Crippen LogP contribution is -2.20. The van der Waals surface area contributed by atoms with Crippen molar-refractivity contribution in [3.8, 4) is 11.8 Å². The van der Waals surface area contributed by atoms with Crippen LogP contribution in [0.15, 0.2) is 35.2 Å². The van der Waals surface area contributed by atoms with Gasteiger partial charge in [-0.15, -0.1) is 0 Å². The topological polar surface area (TPSA) is 126 Å². The van der Waals surface area contributed by atoms with Gasteiger partial charge in [-0.05, 0) is 42.5 Å². The van der Waals surface area contributed by atoms with Gasteiger partial charge in [0.05, 0.1) is 39.9 Å². The molecule has 10 heteroatoms. The second kappa shape index (κ2) is 8.38. The first-order valence-electron chi connectivity index (χ1n) is 9.66. The molecule has 0 aromatic heterocycles. The van der Waals surface area contributed by atoms with Gasteiger partial charge in [-0.2, -0.15) is 5.26 Å². The average molecular weight is 463 g/mol. The lowest BCUT2D eigenvalue weighted by molar-refractivity contribution is 0.0696. The van der Waals surface area contributed by atoms with Crippen LogP contribution in [0, 0.1) is 11.3 Å². The Morgan fingerprint density at radius 3 is 2.65 bits per heavy atom. The van der Waals surface area contributed by atoms with Crippen LogP contribution >= 0.6 is 11.6 Å². The molecular formula is C21H19ClN2O6S. The molecule has 0 bridgehead atoms. The molecular weight excluding hydrogens is 444 g/mol. The van der Waals surface area contributed by atoms with E-state index < -0.39 is 16.0 Å². The molecule has 1 aliphatic carbocycles. The minimum absolute atomic E-state index is 0.0512. The Balaban J connectivity index is 1.75. The van der Waals surface area contributed by atoms with Crippen molar-refractivity contribution in [3.05, 3.63) is 52.0 Å². The van der Waals surface area contributed by atoms with E-state index in [4.69, 9.17) is 21.1 Å². The van der Waals surface area contributed by atoms with Crippen molar-refractivity contribution < 1.29 is 27.8 Å². The molecule has 2 fully saturated rings. The predicted molar refractivity (Wildman–Crippen MR) is 112 cm³/mol. The zero-order valence-electron chi connectivity index (χ0n) is 16.3. The molecule has 2 aromatic rings. The minimum atomic E-state index is -4.18. The molecule has 8 nitrogen and oxygen atoms in total. The maximum atomic E-state index is 13.3. The standard InChI is InChI=1S/C21H19ClN2O6S/c22-17-9-19(30-15-5-6-29-11-15)18(7-14(17)10-23)24-31(27,28)20-8-13(21(25)26)3-4-16(20)12-1-2-12/h3-4,7-9,12,15,24H,1-2,5-6,11H2,(H,25,26)/t15-/m0/s1. The summed E-state index contributed by atoms with van der Waals surface area (Å²) < 4.78 is 40.3. The SMILES string of the molecule is N#Cc1cc(NS(=O)(=O)c2cc(C(=O)O)ccc2C2CC2)c(O[C@H]2CCOC2)cc1Cl. The Labute approximate surface area is 184 Å². The van der Waals surface area contributed by atoms with E-state index in [2.05, 4.69) is 4.72 Å². The van der Waals surface area contributed by atoms with Gasteiger partial charge in [0.2, 0.25) is 0 Å². The molecule has 1 aliphatic heterocycles. The molecule has 2 aromatic carbocycles. The van der Waals surface area contributed by atoms with Gasteiger partial charge in [0.1, 0.15) is 17.9 Å². The fourth-order valence-corrected chi connectivity index (χ4v) is 5.02. The van der Waals surface area contributed by atoms with E-state index >= 15 is 0 Å². The van der Waals surface area contributed by atoms with E-state index in [0.29, 0.717) is 25.2 Å². The molecule has 0 amide bonds. The number of halogens is 1. The summed E-state index contributed by atoms with van der Waals surface area (Å²) in [5, 5.41) is 18.8. The number of nitrogens with zero attached hydrogens (tertiary/aromatic N) is 1. The number of anilines is 1. The third kappa shape index (κ3) is 4.61. The first kappa shape index (κ1) is 21.4. The van der Waals surface area contributed by atoms with Crippen molar-refractivity contribution in [2.24, 2.45) is 0 Å². The van der Waals surface area contributed by atoms with Crippen LogP contribution in [0.25, 0.3) is 0 Å². The number of carbonyl (C=O) groups is 1. The number of benzene rings is 2. The summed E-state index contributed by atoms with van der Waals surface area (Å²) in [5.74, 6) is -0.978. The van der Waals surface area contributed by atoms with Crippen molar-refractivity contribution in [1.29, 1.82) is 5.26 Å². The van der Waals surface area contributed by atoms with Crippen molar-refractivity contribution >= 4 is 33.3 Å². The summed E-state index contributed by atoms with van der Waals surface area (Å²) in [6.07, 6.45) is 2.04. The maximum absolute atomic E-state index is 13.3. The number of carboxylic acid groups (broad SMARTS) is 1. The van der Waals surface area contributed by atoms with Crippen LogP contribution in [0.1, 0.15) is 46.7 Å². The molecule has 2 N–H and O–H groups in total. The minimum Gasteiger partial charge on any atom is -0.486 e. The normalized spacial score (nSPS) is 18.4. The van der Waals surface area contributed by atoms with Crippen LogP contribution in [0.4, 0.5) is 5.69 Å². The highest BCUT2D eigenvalue weighted by atomic mass is 35.5. The summed E-state index contributed by atoms with van der Waals surface area (Å²) in [6, 6.07) is 8.73. The number of rotatable bonds is 7. The highest BCUT2D eigenvalue weighted by molar-refractivity contribution is 7.92. The molecule has 2 aliphatic rings. The third-order valence-corrected chi connectivity index (χ3v) is 6.92.